The lowest BCUT2D eigenvalue weighted by Crippen LogP contribution is -2.02. The highest BCUT2D eigenvalue weighted by Gasteiger charge is 2.06. The molecular weight excluding hydrogens is 276 g/mol. The van der Waals surface area contributed by atoms with Crippen molar-refractivity contribution in [2.45, 2.75) is 25.7 Å². The van der Waals surface area contributed by atoms with Crippen LogP contribution in [0, 0.1) is 24.2 Å². The largest absolute Gasteiger partial charge is 0.497 e. The highest BCUT2D eigenvalue weighted by Crippen LogP contribution is 2.14. The van der Waals surface area contributed by atoms with Crippen LogP contribution in [0.4, 0.5) is 0 Å². The zero-order valence-corrected chi connectivity index (χ0v) is 13.0. The topological polar surface area (TPSA) is 35.5 Å². The van der Waals surface area contributed by atoms with Crippen molar-refractivity contribution in [3.8, 4) is 29.9 Å². The Labute approximate surface area is 132 Å². The molecule has 0 amide bonds. The molecule has 114 valence electrons. The van der Waals surface area contributed by atoms with Gasteiger partial charge in [-0.05, 0) is 36.6 Å². The smallest absolute Gasteiger partial charge is 0.346 e. The highest BCUT2D eigenvalue weighted by atomic mass is 16.5. The SMILES string of the molecule is C#CCCCCC#CC(=Cc1ccc(OC)cc1)C(=O)OC. The standard InChI is InChI=1S/C19H20O3/c1-4-5-6-7-8-9-10-17(19(20)22-3)15-16-11-13-18(21-2)14-12-16/h1,11-15H,5-8H2,2-3H3. The van der Waals surface area contributed by atoms with Crippen molar-refractivity contribution in [3.05, 3.63) is 35.4 Å². The average molecular weight is 296 g/mol. The first-order chi connectivity index (χ1) is 10.7. The third-order valence-electron chi connectivity index (χ3n) is 2.93. The van der Waals surface area contributed by atoms with Crippen molar-refractivity contribution in [3.63, 3.8) is 0 Å². The second kappa shape index (κ2) is 10.1. The Hall–Kier alpha value is -2.65. The minimum atomic E-state index is -0.438. The number of benzene rings is 1. The molecule has 0 saturated carbocycles. The van der Waals surface area contributed by atoms with Crippen LogP contribution < -0.4 is 4.74 Å². The van der Waals surface area contributed by atoms with E-state index in [0.29, 0.717) is 12.0 Å². The molecule has 0 heterocycles. The summed E-state index contributed by atoms with van der Waals surface area (Å²) in [6, 6.07) is 7.37. The number of hydrogen-bond acceptors (Lipinski definition) is 3. The molecule has 0 radical (unpaired) electrons. The number of carbonyl (C=O) groups excluding carboxylic acids is 1. The van der Waals surface area contributed by atoms with Gasteiger partial charge in [0, 0.05) is 12.8 Å². The van der Waals surface area contributed by atoms with Crippen LogP contribution >= 0.6 is 0 Å². The maximum Gasteiger partial charge on any atom is 0.346 e. The van der Waals surface area contributed by atoms with E-state index < -0.39 is 5.97 Å². The Morgan fingerprint density at radius 3 is 2.45 bits per heavy atom. The van der Waals surface area contributed by atoms with Crippen molar-refractivity contribution in [1.82, 2.24) is 0 Å². The van der Waals surface area contributed by atoms with E-state index in [4.69, 9.17) is 15.9 Å². The summed E-state index contributed by atoms with van der Waals surface area (Å²) in [5.41, 5.74) is 1.20. The predicted octanol–water partition coefficient (Wildman–Crippen LogP) is 3.45. The molecule has 0 aliphatic rings. The van der Waals surface area contributed by atoms with E-state index in [9.17, 15) is 4.79 Å². The molecule has 0 bridgehead atoms. The molecule has 0 saturated heterocycles. The number of terminal acetylenes is 1. The predicted molar refractivity (Wildman–Crippen MR) is 88.1 cm³/mol. The Bertz CT molecular complexity index is 607. The normalized spacial score (nSPS) is 10.1. The lowest BCUT2D eigenvalue weighted by Gasteiger charge is -2.01. The lowest BCUT2D eigenvalue weighted by atomic mass is 10.1. The zero-order chi connectivity index (χ0) is 16.2. The van der Waals surface area contributed by atoms with E-state index in [-0.39, 0.29) is 0 Å². The van der Waals surface area contributed by atoms with Gasteiger partial charge in [-0.3, -0.25) is 0 Å². The highest BCUT2D eigenvalue weighted by molar-refractivity contribution is 5.98. The number of esters is 1. The van der Waals surface area contributed by atoms with E-state index in [1.54, 1.807) is 13.2 Å². The molecule has 1 rings (SSSR count). The molecule has 0 aliphatic heterocycles. The molecule has 0 aliphatic carbocycles. The first kappa shape index (κ1) is 17.4. The van der Waals surface area contributed by atoms with Gasteiger partial charge in [-0.15, -0.1) is 12.3 Å². The number of rotatable bonds is 6. The summed E-state index contributed by atoms with van der Waals surface area (Å²) in [5.74, 6) is 8.78. The summed E-state index contributed by atoms with van der Waals surface area (Å²) in [5, 5.41) is 0. The number of methoxy groups -OCH3 is 2. The van der Waals surface area contributed by atoms with Crippen LogP contribution in [0.25, 0.3) is 6.08 Å². The van der Waals surface area contributed by atoms with Gasteiger partial charge in [-0.25, -0.2) is 4.79 Å². The minimum absolute atomic E-state index is 0.338. The van der Waals surface area contributed by atoms with Crippen molar-refractivity contribution in [2.24, 2.45) is 0 Å². The van der Waals surface area contributed by atoms with Crippen LogP contribution in [-0.2, 0) is 9.53 Å². The van der Waals surface area contributed by atoms with Crippen molar-refractivity contribution >= 4 is 12.0 Å². The van der Waals surface area contributed by atoms with Gasteiger partial charge < -0.3 is 9.47 Å². The molecule has 22 heavy (non-hydrogen) atoms. The van der Waals surface area contributed by atoms with E-state index in [0.717, 1.165) is 30.6 Å². The van der Waals surface area contributed by atoms with Gasteiger partial charge in [0.25, 0.3) is 0 Å². The summed E-state index contributed by atoms with van der Waals surface area (Å²) < 4.78 is 9.86. The van der Waals surface area contributed by atoms with Crippen LogP contribution in [0.5, 0.6) is 5.75 Å². The van der Waals surface area contributed by atoms with E-state index in [1.807, 2.05) is 24.3 Å². The summed E-state index contributed by atoms with van der Waals surface area (Å²) in [7, 11) is 2.95. The molecule has 0 N–H and O–H groups in total. The van der Waals surface area contributed by atoms with Crippen molar-refractivity contribution in [1.29, 1.82) is 0 Å². The molecule has 0 atom stereocenters. The molecule has 0 aromatic heterocycles. The Morgan fingerprint density at radius 1 is 1.18 bits per heavy atom. The van der Waals surface area contributed by atoms with Crippen LogP contribution in [0.2, 0.25) is 0 Å². The van der Waals surface area contributed by atoms with E-state index >= 15 is 0 Å². The van der Waals surface area contributed by atoms with Gasteiger partial charge in [0.05, 0.1) is 14.2 Å². The minimum Gasteiger partial charge on any atom is -0.497 e. The summed E-state index contributed by atoms with van der Waals surface area (Å²) >= 11 is 0. The van der Waals surface area contributed by atoms with Gasteiger partial charge in [0.15, 0.2) is 0 Å². The number of ether oxygens (including phenoxy) is 2. The molecule has 0 fully saturated rings. The van der Waals surface area contributed by atoms with Gasteiger partial charge in [-0.1, -0.05) is 24.0 Å². The van der Waals surface area contributed by atoms with E-state index in [1.165, 1.54) is 7.11 Å². The molecule has 1 aromatic rings. The van der Waals surface area contributed by atoms with Crippen molar-refractivity contribution in [2.75, 3.05) is 14.2 Å². The van der Waals surface area contributed by atoms with Crippen LogP contribution in [0.1, 0.15) is 31.2 Å². The van der Waals surface area contributed by atoms with Crippen LogP contribution in [0.15, 0.2) is 29.8 Å². The third kappa shape index (κ3) is 6.20. The molecule has 1 aromatic carbocycles. The fraction of sp³-hybridized carbons (Fsp3) is 0.316. The molecule has 3 nitrogen and oxygen atoms in total. The monoisotopic (exact) mass is 296 g/mol. The van der Waals surface area contributed by atoms with Gasteiger partial charge >= 0.3 is 5.97 Å². The average Bonchev–Trinajstić information content (AvgIpc) is 2.56. The molecule has 0 spiro atoms. The van der Waals surface area contributed by atoms with Gasteiger partial charge in [-0.2, -0.15) is 0 Å². The quantitative estimate of drug-likeness (QED) is 0.349. The molecule has 0 unspecified atom stereocenters. The van der Waals surface area contributed by atoms with Crippen LogP contribution in [0.3, 0.4) is 0 Å². The number of carbonyl (C=O) groups is 1. The number of hydrogen-bond donors (Lipinski definition) is 0. The summed E-state index contributed by atoms with van der Waals surface area (Å²) in [6.07, 6.45) is 10.2. The maximum atomic E-state index is 11.8. The van der Waals surface area contributed by atoms with Crippen molar-refractivity contribution < 1.29 is 14.3 Å². The summed E-state index contributed by atoms with van der Waals surface area (Å²) in [6.45, 7) is 0. The van der Waals surface area contributed by atoms with Gasteiger partial charge in [0.2, 0.25) is 0 Å². The lowest BCUT2D eigenvalue weighted by molar-refractivity contribution is -0.135. The fourth-order valence-corrected chi connectivity index (χ4v) is 1.72. The first-order valence-corrected chi connectivity index (χ1v) is 7.07. The Kier molecular flexibility index (Phi) is 8.01. The maximum absolute atomic E-state index is 11.8. The van der Waals surface area contributed by atoms with Gasteiger partial charge in [0.1, 0.15) is 11.3 Å². The number of unbranched alkanes of at least 4 members (excludes halogenated alkanes) is 3. The first-order valence-electron chi connectivity index (χ1n) is 7.07. The Morgan fingerprint density at radius 2 is 1.86 bits per heavy atom. The molecule has 3 heteroatoms. The zero-order valence-electron chi connectivity index (χ0n) is 13.0. The van der Waals surface area contributed by atoms with E-state index in [2.05, 4.69) is 17.8 Å². The van der Waals surface area contributed by atoms with Crippen LogP contribution in [-0.4, -0.2) is 20.2 Å². The Balaban J connectivity index is 2.79. The second-order valence-electron chi connectivity index (χ2n) is 4.54. The second-order valence-corrected chi connectivity index (χ2v) is 4.54. The fourth-order valence-electron chi connectivity index (χ4n) is 1.72. The third-order valence-corrected chi connectivity index (χ3v) is 2.93. The summed E-state index contributed by atoms with van der Waals surface area (Å²) in [4.78, 5) is 11.8. The molecular formula is C19H20O3.